The molecule has 0 saturated carbocycles. The van der Waals surface area contributed by atoms with Gasteiger partial charge in [-0.05, 0) is 24.0 Å². The third-order valence-corrected chi connectivity index (χ3v) is 6.19. The van der Waals surface area contributed by atoms with Crippen LogP contribution in [0.3, 0.4) is 0 Å². The molecule has 2 heterocycles. The fraction of sp³-hybridized carbons (Fsp3) is 0.292. The van der Waals surface area contributed by atoms with Crippen LogP contribution in [0.25, 0.3) is 5.70 Å². The molecule has 1 unspecified atom stereocenters. The largest absolute Gasteiger partial charge is 0.463 e. The van der Waals surface area contributed by atoms with E-state index in [1.807, 2.05) is 42.5 Å². The number of ether oxygens (including phenoxy) is 1. The van der Waals surface area contributed by atoms with Crippen LogP contribution in [0, 0.1) is 0 Å². The Hall–Kier alpha value is -2.86. The van der Waals surface area contributed by atoms with E-state index in [2.05, 4.69) is 26.0 Å². The van der Waals surface area contributed by atoms with Gasteiger partial charge in [0.25, 0.3) is 0 Å². The van der Waals surface area contributed by atoms with Crippen LogP contribution >= 0.6 is 11.8 Å². The standard InChI is InChI=1S/C24H24N2O3S/c1-4-29-23(28)20-21(17-8-6-5-7-9-17)25-24-26(19(27)14-30-24)22(20)18-12-10-16(11-13-18)15(2)3/h5-13,15,22H,4,14H2,1-3H3. The van der Waals surface area contributed by atoms with Gasteiger partial charge in [0.05, 0.1) is 29.7 Å². The fourth-order valence-electron chi connectivity index (χ4n) is 3.74. The second-order valence-electron chi connectivity index (χ2n) is 7.52. The molecule has 2 aromatic carbocycles. The van der Waals surface area contributed by atoms with Gasteiger partial charge in [0.2, 0.25) is 5.91 Å². The van der Waals surface area contributed by atoms with Gasteiger partial charge in [-0.15, -0.1) is 0 Å². The molecule has 1 fully saturated rings. The van der Waals surface area contributed by atoms with Crippen molar-refractivity contribution in [2.75, 3.05) is 12.4 Å². The summed E-state index contributed by atoms with van der Waals surface area (Å²) < 4.78 is 5.42. The number of thioether (sulfide) groups is 1. The molecule has 6 heteroatoms. The van der Waals surface area contributed by atoms with Crippen molar-refractivity contribution in [1.82, 2.24) is 4.90 Å². The summed E-state index contributed by atoms with van der Waals surface area (Å²) in [6, 6.07) is 17.2. The van der Waals surface area contributed by atoms with E-state index < -0.39 is 12.0 Å². The van der Waals surface area contributed by atoms with E-state index >= 15 is 0 Å². The third-order valence-electron chi connectivity index (χ3n) is 5.26. The lowest BCUT2D eigenvalue weighted by Crippen LogP contribution is -2.39. The number of amides is 1. The Balaban J connectivity index is 1.93. The van der Waals surface area contributed by atoms with Gasteiger partial charge in [0.1, 0.15) is 0 Å². The average molecular weight is 421 g/mol. The highest BCUT2D eigenvalue weighted by molar-refractivity contribution is 8.15. The molecule has 0 aromatic heterocycles. The topological polar surface area (TPSA) is 59.0 Å². The number of amidine groups is 1. The highest BCUT2D eigenvalue weighted by Gasteiger charge is 2.44. The number of hydrogen-bond donors (Lipinski definition) is 0. The van der Waals surface area contributed by atoms with Gasteiger partial charge >= 0.3 is 5.97 Å². The van der Waals surface area contributed by atoms with Gasteiger partial charge in [0.15, 0.2) is 5.17 Å². The zero-order valence-corrected chi connectivity index (χ0v) is 18.1. The predicted octanol–water partition coefficient (Wildman–Crippen LogP) is 4.77. The van der Waals surface area contributed by atoms with Crippen molar-refractivity contribution in [1.29, 1.82) is 0 Å². The number of esters is 1. The number of carbonyl (C=O) groups excluding carboxylic acids is 2. The summed E-state index contributed by atoms with van der Waals surface area (Å²) in [5.74, 6) is 0.219. The monoisotopic (exact) mass is 420 g/mol. The smallest absolute Gasteiger partial charge is 0.338 e. The highest BCUT2D eigenvalue weighted by atomic mass is 32.2. The van der Waals surface area contributed by atoms with E-state index in [-0.39, 0.29) is 12.5 Å². The number of carbonyl (C=O) groups is 2. The molecule has 2 aromatic rings. The maximum absolute atomic E-state index is 13.1. The summed E-state index contributed by atoms with van der Waals surface area (Å²) in [6.07, 6.45) is 0. The molecule has 0 radical (unpaired) electrons. The Morgan fingerprint density at radius 1 is 1.17 bits per heavy atom. The Bertz CT molecular complexity index is 1030. The molecule has 0 spiro atoms. The van der Waals surface area contributed by atoms with Crippen molar-refractivity contribution >= 4 is 34.5 Å². The summed E-state index contributed by atoms with van der Waals surface area (Å²) in [4.78, 5) is 32.3. The van der Waals surface area contributed by atoms with Crippen molar-refractivity contribution in [2.24, 2.45) is 4.99 Å². The lowest BCUT2D eigenvalue weighted by molar-refractivity contribution is -0.139. The van der Waals surface area contributed by atoms with Crippen molar-refractivity contribution in [2.45, 2.75) is 32.7 Å². The number of hydrogen-bond acceptors (Lipinski definition) is 5. The van der Waals surface area contributed by atoms with Crippen molar-refractivity contribution in [3.05, 3.63) is 76.9 Å². The molecule has 0 aliphatic carbocycles. The number of rotatable bonds is 5. The highest BCUT2D eigenvalue weighted by Crippen LogP contribution is 2.44. The first-order valence-electron chi connectivity index (χ1n) is 10.1. The van der Waals surface area contributed by atoms with E-state index in [0.717, 1.165) is 11.1 Å². The first-order chi connectivity index (χ1) is 14.5. The van der Waals surface area contributed by atoms with Gasteiger partial charge in [0, 0.05) is 5.56 Å². The van der Waals surface area contributed by atoms with Crippen molar-refractivity contribution in [3.8, 4) is 0 Å². The lowest BCUT2D eigenvalue weighted by atomic mass is 9.90. The lowest BCUT2D eigenvalue weighted by Gasteiger charge is -2.33. The van der Waals surface area contributed by atoms with E-state index in [1.54, 1.807) is 11.8 Å². The third kappa shape index (κ3) is 3.67. The minimum atomic E-state index is -0.560. The molecule has 1 atom stereocenters. The molecule has 1 amide bonds. The Morgan fingerprint density at radius 2 is 1.87 bits per heavy atom. The second kappa shape index (κ2) is 8.48. The maximum Gasteiger partial charge on any atom is 0.338 e. The van der Waals surface area contributed by atoms with E-state index in [4.69, 9.17) is 9.73 Å². The summed E-state index contributed by atoms with van der Waals surface area (Å²) in [5, 5.41) is 0.629. The zero-order valence-electron chi connectivity index (χ0n) is 17.3. The normalized spacial score (nSPS) is 18.5. The van der Waals surface area contributed by atoms with Crippen LogP contribution in [-0.4, -0.2) is 34.3 Å². The molecule has 4 rings (SSSR count). The first kappa shape index (κ1) is 20.4. The second-order valence-corrected chi connectivity index (χ2v) is 8.46. The zero-order chi connectivity index (χ0) is 21.3. The van der Waals surface area contributed by atoms with Gasteiger partial charge in [-0.1, -0.05) is 80.2 Å². The van der Waals surface area contributed by atoms with Crippen LogP contribution in [0.1, 0.15) is 49.4 Å². The van der Waals surface area contributed by atoms with Crippen LogP contribution in [0.4, 0.5) is 0 Å². The molecule has 0 bridgehead atoms. The number of fused-ring (bicyclic) bond motifs is 1. The summed E-state index contributed by atoms with van der Waals surface area (Å²) >= 11 is 1.41. The van der Waals surface area contributed by atoms with Gasteiger partial charge in [-0.25, -0.2) is 9.79 Å². The molecular formula is C24H24N2O3S. The van der Waals surface area contributed by atoms with Gasteiger partial charge in [-0.3, -0.25) is 9.69 Å². The molecule has 2 aliphatic rings. The van der Waals surface area contributed by atoms with Crippen molar-refractivity contribution < 1.29 is 14.3 Å². The van der Waals surface area contributed by atoms with E-state index in [1.165, 1.54) is 17.3 Å². The molecule has 154 valence electrons. The maximum atomic E-state index is 13.1. The van der Waals surface area contributed by atoms with Gasteiger partial charge < -0.3 is 4.74 Å². The minimum absolute atomic E-state index is 0.0504. The molecule has 1 saturated heterocycles. The Kier molecular flexibility index (Phi) is 5.77. The van der Waals surface area contributed by atoms with Crippen LogP contribution in [-0.2, 0) is 14.3 Å². The van der Waals surface area contributed by atoms with E-state index in [9.17, 15) is 9.59 Å². The first-order valence-corrected chi connectivity index (χ1v) is 11.1. The number of aliphatic imine (C=N–C) groups is 1. The van der Waals surface area contributed by atoms with Crippen LogP contribution in [0.5, 0.6) is 0 Å². The molecule has 5 nitrogen and oxygen atoms in total. The molecular weight excluding hydrogens is 396 g/mol. The Morgan fingerprint density at radius 3 is 2.50 bits per heavy atom. The van der Waals surface area contributed by atoms with Crippen LogP contribution in [0.15, 0.2) is 65.2 Å². The molecule has 30 heavy (non-hydrogen) atoms. The fourth-order valence-corrected chi connectivity index (χ4v) is 4.63. The Labute approximate surface area is 180 Å². The predicted molar refractivity (Wildman–Crippen MR) is 120 cm³/mol. The summed E-state index contributed by atoms with van der Waals surface area (Å²) in [6.45, 7) is 6.31. The summed E-state index contributed by atoms with van der Waals surface area (Å²) in [5.41, 5.74) is 3.88. The quantitative estimate of drug-likeness (QED) is 0.654. The van der Waals surface area contributed by atoms with Crippen LogP contribution < -0.4 is 0 Å². The molecule has 2 aliphatic heterocycles. The average Bonchev–Trinajstić information content (AvgIpc) is 3.14. The van der Waals surface area contributed by atoms with Crippen LogP contribution in [0.2, 0.25) is 0 Å². The van der Waals surface area contributed by atoms with Crippen molar-refractivity contribution in [3.63, 3.8) is 0 Å². The number of nitrogens with zero attached hydrogens (tertiary/aromatic N) is 2. The summed E-state index contributed by atoms with van der Waals surface area (Å²) in [7, 11) is 0. The van der Waals surface area contributed by atoms with Gasteiger partial charge in [-0.2, -0.15) is 0 Å². The number of benzene rings is 2. The SMILES string of the molecule is CCOC(=O)C1=C(c2ccccc2)N=C2SCC(=O)N2C1c1ccc(C(C)C)cc1. The van der Waals surface area contributed by atoms with E-state index in [0.29, 0.717) is 28.1 Å². The molecule has 0 N–H and O–H groups in total. The minimum Gasteiger partial charge on any atom is -0.463 e.